The largest absolute Gasteiger partial charge is 0.391 e. The fraction of sp³-hybridized carbons (Fsp3) is 0.321. The second kappa shape index (κ2) is 12.0. The molecular formula is C28H30ClNO6. The lowest BCUT2D eigenvalue weighted by atomic mass is 9.92. The molecule has 8 heteroatoms. The van der Waals surface area contributed by atoms with Gasteiger partial charge in [-0.25, -0.2) is 0 Å². The van der Waals surface area contributed by atoms with Gasteiger partial charge in [-0.2, -0.15) is 0 Å². The molecule has 0 amide bonds. The number of oxime groups is 1. The van der Waals surface area contributed by atoms with E-state index in [0.29, 0.717) is 23.6 Å². The normalized spacial score (nSPS) is 24.5. The highest BCUT2D eigenvalue weighted by Gasteiger charge is 2.44. The van der Waals surface area contributed by atoms with Crippen molar-refractivity contribution in [2.45, 2.75) is 50.7 Å². The van der Waals surface area contributed by atoms with E-state index < -0.39 is 30.7 Å². The molecule has 3 N–H and O–H groups in total. The molecule has 36 heavy (non-hydrogen) atoms. The molecule has 0 unspecified atom stereocenters. The van der Waals surface area contributed by atoms with Crippen molar-refractivity contribution in [3.8, 4) is 0 Å². The third-order valence-corrected chi connectivity index (χ3v) is 6.61. The summed E-state index contributed by atoms with van der Waals surface area (Å²) in [5.41, 5.74) is 5.27. The monoisotopic (exact) mass is 511 g/mol. The number of benzene rings is 3. The van der Waals surface area contributed by atoms with E-state index in [2.05, 4.69) is 5.16 Å². The van der Waals surface area contributed by atoms with Gasteiger partial charge in [-0.1, -0.05) is 83.5 Å². The van der Waals surface area contributed by atoms with E-state index in [9.17, 15) is 15.3 Å². The van der Waals surface area contributed by atoms with Gasteiger partial charge in [-0.3, -0.25) is 0 Å². The summed E-state index contributed by atoms with van der Waals surface area (Å²) < 4.78 is 10.8. The van der Waals surface area contributed by atoms with Crippen molar-refractivity contribution >= 4 is 17.3 Å². The van der Waals surface area contributed by atoms with Gasteiger partial charge in [0.25, 0.3) is 0 Å². The maximum Gasteiger partial charge on any atom is 0.186 e. The number of aliphatic hydroxyl groups excluding tert-OH is 3. The number of halogens is 1. The second-order valence-corrected chi connectivity index (χ2v) is 9.20. The Hall–Kier alpha value is -2.78. The van der Waals surface area contributed by atoms with Crippen LogP contribution in [0, 0.1) is 0 Å². The molecule has 190 valence electrons. The van der Waals surface area contributed by atoms with E-state index in [0.717, 1.165) is 28.0 Å². The van der Waals surface area contributed by atoms with Gasteiger partial charge in [0.1, 0.15) is 31.0 Å². The third-order valence-electron chi connectivity index (χ3n) is 6.24. The van der Waals surface area contributed by atoms with E-state index in [1.54, 1.807) is 12.1 Å². The fourth-order valence-corrected chi connectivity index (χ4v) is 4.32. The van der Waals surface area contributed by atoms with Crippen LogP contribution in [0.15, 0.2) is 78.0 Å². The summed E-state index contributed by atoms with van der Waals surface area (Å²) in [7, 11) is 1.37. The number of hydrogen-bond acceptors (Lipinski definition) is 7. The van der Waals surface area contributed by atoms with E-state index in [1.165, 1.54) is 7.11 Å². The number of rotatable bonds is 8. The summed E-state index contributed by atoms with van der Waals surface area (Å²) >= 11 is 6.47. The van der Waals surface area contributed by atoms with Crippen LogP contribution in [0.3, 0.4) is 0 Å². The summed E-state index contributed by atoms with van der Waals surface area (Å²) in [5.74, 6) is 0. The zero-order valence-electron chi connectivity index (χ0n) is 20.1. The minimum absolute atomic E-state index is 0.408. The van der Waals surface area contributed by atoms with Crippen LogP contribution in [0.25, 0.3) is 0 Å². The van der Waals surface area contributed by atoms with Crippen LogP contribution in [0.5, 0.6) is 0 Å². The molecule has 7 nitrogen and oxygen atoms in total. The van der Waals surface area contributed by atoms with Crippen molar-refractivity contribution in [3.63, 3.8) is 0 Å². The van der Waals surface area contributed by atoms with Gasteiger partial charge in [-0.15, -0.1) is 0 Å². The highest BCUT2D eigenvalue weighted by atomic mass is 35.5. The van der Waals surface area contributed by atoms with Crippen molar-refractivity contribution in [2.75, 3.05) is 7.11 Å². The SMILES string of the molecule is CO[C@H]1O[C@@H](c2ccc(Cl)c(Cc3ccc(C(C)=NOCc4ccccc4)cc3)c2)[C@H](O)[C@@H](O)[C@@H]1O. The number of ether oxygens (including phenoxy) is 2. The summed E-state index contributed by atoms with van der Waals surface area (Å²) in [6.45, 7) is 2.31. The van der Waals surface area contributed by atoms with Gasteiger partial charge in [-0.05, 0) is 47.2 Å². The van der Waals surface area contributed by atoms with Crippen molar-refractivity contribution in [1.82, 2.24) is 0 Å². The van der Waals surface area contributed by atoms with Crippen LogP contribution in [0.2, 0.25) is 5.02 Å². The van der Waals surface area contributed by atoms with Gasteiger partial charge in [0.15, 0.2) is 6.29 Å². The fourth-order valence-electron chi connectivity index (χ4n) is 4.14. The number of nitrogens with zero attached hydrogens (tertiary/aromatic N) is 1. The molecule has 0 aromatic heterocycles. The molecule has 3 aromatic rings. The smallest absolute Gasteiger partial charge is 0.186 e. The van der Waals surface area contributed by atoms with Crippen molar-refractivity contribution in [2.24, 2.45) is 5.16 Å². The van der Waals surface area contributed by atoms with Crippen molar-refractivity contribution in [3.05, 3.63) is 106 Å². The van der Waals surface area contributed by atoms with Crippen molar-refractivity contribution in [1.29, 1.82) is 0 Å². The first-order valence-corrected chi connectivity index (χ1v) is 12.1. The van der Waals surface area contributed by atoms with Crippen molar-refractivity contribution < 1.29 is 29.6 Å². The Kier molecular flexibility index (Phi) is 8.74. The lowest BCUT2D eigenvalue weighted by Crippen LogP contribution is -2.54. The van der Waals surface area contributed by atoms with Crippen LogP contribution in [0.4, 0.5) is 0 Å². The molecule has 0 radical (unpaired) electrons. The first-order valence-electron chi connectivity index (χ1n) is 11.7. The summed E-state index contributed by atoms with van der Waals surface area (Å²) in [5, 5.41) is 35.5. The predicted octanol–water partition coefficient (Wildman–Crippen LogP) is 4.00. The summed E-state index contributed by atoms with van der Waals surface area (Å²) in [6, 6.07) is 23.1. The molecular weight excluding hydrogens is 482 g/mol. The molecule has 1 aliphatic heterocycles. The highest BCUT2D eigenvalue weighted by Crippen LogP contribution is 2.34. The predicted molar refractivity (Wildman–Crippen MR) is 137 cm³/mol. The zero-order valence-corrected chi connectivity index (χ0v) is 20.9. The van der Waals surface area contributed by atoms with E-state index >= 15 is 0 Å². The topological polar surface area (TPSA) is 101 Å². The van der Waals surface area contributed by atoms with Gasteiger partial charge in [0, 0.05) is 12.1 Å². The van der Waals surface area contributed by atoms with Gasteiger partial charge in [0.2, 0.25) is 0 Å². The number of hydrogen-bond donors (Lipinski definition) is 3. The van der Waals surface area contributed by atoms with E-state index in [-0.39, 0.29) is 0 Å². The first-order chi connectivity index (χ1) is 17.4. The molecule has 0 bridgehead atoms. The number of methoxy groups -OCH3 is 1. The summed E-state index contributed by atoms with van der Waals surface area (Å²) in [4.78, 5) is 5.48. The lowest BCUT2D eigenvalue weighted by Gasteiger charge is -2.40. The molecule has 3 aromatic carbocycles. The van der Waals surface area contributed by atoms with E-state index in [4.69, 9.17) is 25.9 Å². The van der Waals surface area contributed by atoms with Gasteiger partial charge >= 0.3 is 0 Å². The first kappa shape index (κ1) is 26.3. The number of aliphatic hydroxyl groups is 3. The molecule has 1 saturated heterocycles. The Bertz CT molecular complexity index is 1170. The molecule has 1 fully saturated rings. The Morgan fingerprint density at radius 1 is 0.917 bits per heavy atom. The summed E-state index contributed by atoms with van der Waals surface area (Å²) in [6.07, 6.45) is -5.44. The standard InChI is InChI=1S/C28H30ClNO6/c1-17(30-35-16-19-6-4-3-5-7-19)20-10-8-18(9-11-20)14-22-15-21(12-13-23(22)29)27-25(32)24(31)26(33)28(34-2)36-27/h3-13,15,24-28,31-33H,14,16H2,1-2H3/t24-,25-,26+,27+,28+/m1/s1. The minimum Gasteiger partial charge on any atom is -0.391 e. The molecule has 4 rings (SSSR count). The van der Waals surface area contributed by atoms with Gasteiger partial charge in [0.05, 0.1) is 5.71 Å². The quantitative estimate of drug-likeness (QED) is 0.312. The van der Waals surface area contributed by atoms with Crippen LogP contribution < -0.4 is 0 Å². The zero-order chi connectivity index (χ0) is 25.7. The maximum atomic E-state index is 10.5. The molecule has 1 aliphatic rings. The van der Waals surface area contributed by atoms with E-state index in [1.807, 2.05) is 67.6 Å². The van der Waals surface area contributed by atoms with Crippen LogP contribution >= 0.6 is 11.6 Å². The average molecular weight is 512 g/mol. The molecule has 0 saturated carbocycles. The highest BCUT2D eigenvalue weighted by molar-refractivity contribution is 6.31. The van der Waals surface area contributed by atoms with Crippen LogP contribution in [-0.4, -0.2) is 52.7 Å². The molecule has 0 spiro atoms. The Balaban J connectivity index is 1.44. The Morgan fingerprint density at radius 3 is 2.33 bits per heavy atom. The van der Waals surface area contributed by atoms with Gasteiger partial charge < -0.3 is 29.6 Å². The van der Waals surface area contributed by atoms with Crippen LogP contribution in [-0.2, 0) is 27.3 Å². The molecule has 0 aliphatic carbocycles. The Morgan fingerprint density at radius 2 is 1.64 bits per heavy atom. The minimum atomic E-state index is -1.40. The second-order valence-electron chi connectivity index (χ2n) is 8.79. The molecule has 5 atom stereocenters. The lowest BCUT2D eigenvalue weighted by molar-refractivity contribution is -0.292. The third kappa shape index (κ3) is 6.13. The average Bonchev–Trinajstić information content (AvgIpc) is 2.90. The Labute approximate surface area is 215 Å². The van der Waals surface area contributed by atoms with Crippen LogP contribution in [0.1, 0.15) is 40.8 Å². The molecule has 1 heterocycles. The maximum absolute atomic E-state index is 10.5.